The molecule has 0 spiro atoms. The van der Waals surface area contributed by atoms with Crippen LogP contribution in [-0.2, 0) is 10.0 Å². The van der Waals surface area contributed by atoms with Crippen LogP contribution >= 0.6 is 0 Å². The second kappa shape index (κ2) is 6.03. The fourth-order valence-corrected chi connectivity index (χ4v) is 2.37. The molecule has 0 radical (unpaired) electrons. The summed E-state index contributed by atoms with van der Waals surface area (Å²) in [5, 5.41) is 9.24. The molecule has 6 nitrogen and oxygen atoms in total. The first-order valence-electron chi connectivity index (χ1n) is 5.63. The number of sulfonamides is 1. The van der Waals surface area contributed by atoms with E-state index < -0.39 is 10.0 Å². The summed E-state index contributed by atoms with van der Waals surface area (Å²) in [6, 6.07) is 3.82. The highest BCUT2D eigenvalue weighted by Gasteiger charge is 2.14. The molecule has 1 aromatic carbocycles. The Hall–Kier alpha value is -1.31. The maximum Gasteiger partial charge on any atom is 0.240 e. The Balaban J connectivity index is 2.71. The summed E-state index contributed by atoms with van der Waals surface area (Å²) in [4.78, 5) is 2.05. The van der Waals surface area contributed by atoms with E-state index in [4.69, 9.17) is 5.73 Å². The van der Waals surface area contributed by atoms with Crippen LogP contribution in [0.25, 0.3) is 0 Å². The standard InChI is InChI=1S/C11H19N3O3S/c1-3-14(2)7-6-13-18(16,17)9-4-5-11(15)10(12)8-9/h4-5,8,13,15H,3,6-7,12H2,1-2H3. The van der Waals surface area contributed by atoms with E-state index in [9.17, 15) is 13.5 Å². The molecule has 7 heteroatoms. The molecule has 0 atom stereocenters. The van der Waals surface area contributed by atoms with E-state index >= 15 is 0 Å². The maximum absolute atomic E-state index is 11.9. The number of aromatic hydroxyl groups is 1. The molecule has 0 unspecified atom stereocenters. The van der Waals surface area contributed by atoms with Gasteiger partial charge < -0.3 is 15.7 Å². The minimum atomic E-state index is -3.57. The zero-order valence-electron chi connectivity index (χ0n) is 10.5. The molecule has 0 heterocycles. The van der Waals surface area contributed by atoms with Crippen molar-refractivity contribution in [3.63, 3.8) is 0 Å². The first-order chi connectivity index (χ1) is 8.36. The van der Waals surface area contributed by atoms with Crippen LogP contribution in [0.5, 0.6) is 5.75 Å². The zero-order chi connectivity index (χ0) is 13.8. The summed E-state index contributed by atoms with van der Waals surface area (Å²) in [5.74, 6) is -0.125. The molecule has 0 saturated carbocycles. The van der Waals surface area contributed by atoms with Crippen molar-refractivity contribution in [2.24, 2.45) is 0 Å². The minimum absolute atomic E-state index is 0.0450. The third kappa shape index (κ3) is 3.86. The minimum Gasteiger partial charge on any atom is -0.506 e. The van der Waals surface area contributed by atoms with Crippen molar-refractivity contribution >= 4 is 15.7 Å². The number of nitrogens with two attached hydrogens (primary N) is 1. The third-order valence-corrected chi connectivity index (χ3v) is 4.09. The smallest absolute Gasteiger partial charge is 0.240 e. The van der Waals surface area contributed by atoms with E-state index in [0.717, 1.165) is 6.54 Å². The average molecular weight is 273 g/mol. The molecule has 0 aliphatic rings. The van der Waals surface area contributed by atoms with Crippen molar-refractivity contribution in [3.05, 3.63) is 18.2 Å². The van der Waals surface area contributed by atoms with E-state index in [1.165, 1.54) is 18.2 Å². The van der Waals surface area contributed by atoms with Gasteiger partial charge in [0.05, 0.1) is 10.6 Å². The van der Waals surface area contributed by atoms with Crippen LogP contribution in [-0.4, -0.2) is 45.1 Å². The normalized spacial score (nSPS) is 11.9. The molecule has 0 amide bonds. The zero-order valence-corrected chi connectivity index (χ0v) is 11.4. The lowest BCUT2D eigenvalue weighted by Crippen LogP contribution is -2.32. The van der Waals surface area contributed by atoms with Crippen LogP contribution in [0.15, 0.2) is 23.1 Å². The van der Waals surface area contributed by atoms with Crippen LogP contribution in [0, 0.1) is 0 Å². The highest BCUT2D eigenvalue weighted by atomic mass is 32.2. The lowest BCUT2D eigenvalue weighted by Gasteiger charge is -2.14. The number of phenols is 1. The number of benzene rings is 1. The number of nitrogens with one attached hydrogen (secondary N) is 1. The molecular weight excluding hydrogens is 254 g/mol. The van der Waals surface area contributed by atoms with E-state index in [1.807, 2.05) is 18.9 Å². The van der Waals surface area contributed by atoms with Gasteiger partial charge in [-0.2, -0.15) is 0 Å². The Morgan fingerprint density at radius 3 is 2.67 bits per heavy atom. The number of phenolic OH excluding ortho intramolecular Hbond substituents is 1. The van der Waals surface area contributed by atoms with Crippen molar-refractivity contribution in [1.29, 1.82) is 0 Å². The molecule has 1 aromatic rings. The van der Waals surface area contributed by atoms with Crippen LogP contribution < -0.4 is 10.5 Å². The molecule has 4 N–H and O–H groups in total. The molecule has 0 aromatic heterocycles. The Bertz CT molecular complexity index is 502. The number of hydrogen-bond donors (Lipinski definition) is 3. The lowest BCUT2D eigenvalue weighted by atomic mass is 10.3. The highest BCUT2D eigenvalue weighted by Crippen LogP contribution is 2.22. The Kier molecular flexibility index (Phi) is 4.94. The van der Waals surface area contributed by atoms with Gasteiger partial charge in [-0.25, -0.2) is 13.1 Å². The number of anilines is 1. The SMILES string of the molecule is CCN(C)CCNS(=O)(=O)c1ccc(O)c(N)c1. The molecular formula is C11H19N3O3S. The molecule has 1 rings (SSSR count). The number of nitrogens with zero attached hydrogens (tertiary/aromatic N) is 1. The number of hydrogen-bond acceptors (Lipinski definition) is 5. The Labute approximate surface area is 107 Å². The van der Waals surface area contributed by atoms with Gasteiger partial charge in [-0.1, -0.05) is 6.92 Å². The number of rotatable bonds is 6. The van der Waals surface area contributed by atoms with Gasteiger partial charge in [0.1, 0.15) is 5.75 Å². The average Bonchev–Trinajstić information content (AvgIpc) is 2.32. The van der Waals surface area contributed by atoms with Gasteiger partial charge in [-0.15, -0.1) is 0 Å². The topological polar surface area (TPSA) is 95.7 Å². The van der Waals surface area contributed by atoms with Gasteiger partial charge in [0, 0.05) is 13.1 Å². The van der Waals surface area contributed by atoms with Crippen LogP contribution in [0.4, 0.5) is 5.69 Å². The maximum atomic E-state index is 11.9. The molecule has 0 aliphatic heterocycles. The number of nitrogen functional groups attached to an aromatic ring is 1. The summed E-state index contributed by atoms with van der Waals surface area (Å²) >= 11 is 0. The van der Waals surface area contributed by atoms with E-state index in [1.54, 1.807) is 0 Å². The van der Waals surface area contributed by atoms with E-state index in [-0.39, 0.29) is 16.3 Å². The second-order valence-corrected chi connectivity index (χ2v) is 5.78. The van der Waals surface area contributed by atoms with Crippen molar-refractivity contribution in [3.8, 4) is 5.75 Å². The quantitative estimate of drug-likeness (QED) is 0.508. The first-order valence-corrected chi connectivity index (χ1v) is 7.12. The van der Waals surface area contributed by atoms with Crippen molar-refractivity contribution in [2.75, 3.05) is 32.4 Å². The summed E-state index contributed by atoms with van der Waals surface area (Å²) in [7, 11) is -1.66. The molecule has 0 saturated heterocycles. The predicted octanol–water partition coefficient (Wildman–Crippen LogP) is 0.204. The predicted molar refractivity (Wildman–Crippen MR) is 70.9 cm³/mol. The Morgan fingerprint density at radius 2 is 2.11 bits per heavy atom. The summed E-state index contributed by atoms with van der Waals surface area (Å²) in [6.07, 6.45) is 0. The highest BCUT2D eigenvalue weighted by molar-refractivity contribution is 7.89. The van der Waals surface area contributed by atoms with Crippen molar-refractivity contribution in [2.45, 2.75) is 11.8 Å². The first kappa shape index (κ1) is 14.7. The van der Waals surface area contributed by atoms with Crippen LogP contribution in [0.1, 0.15) is 6.92 Å². The monoisotopic (exact) mass is 273 g/mol. The second-order valence-electron chi connectivity index (χ2n) is 4.01. The van der Waals surface area contributed by atoms with Gasteiger partial charge in [-0.3, -0.25) is 0 Å². The molecule has 102 valence electrons. The van der Waals surface area contributed by atoms with Gasteiger partial charge in [0.25, 0.3) is 0 Å². The van der Waals surface area contributed by atoms with E-state index in [2.05, 4.69) is 4.72 Å². The summed E-state index contributed by atoms with van der Waals surface area (Å²) < 4.78 is 26.3. The van der Waals surface area contributed by atoms with Gasteiger partial charge in [0.15, 0.2) is 0 Å². The molecule has 18 heavy (non-hydrogen) atoms. The van der Waals surface area contributed by atoms with Crippen LogP contribution in [0.3, 0.4) is 0 Å². The third-order valence-electron chi connectivity index (χ3n) is 2.63. The largest absolute Gasteiger partial charge is 0.506 e. The fourth-order valence-electron chi connectivity index (χ4n) is 1.31. The molecule has 0 aliphatic carbocycles. The van der Waals surface area contributed by atoms with Gasteiger partial charge in [0.2, 0.25) is 10.0 Å². The van der Waals surface area contributed by atoms with Crippen LogP contribution in [0.2, 0.25) is 0 Å². The Morgan fingerprint density at radius 1 is 1.44 bits per heavy atom. The summed E-state index contributed by atoms with van der Waals surface area (Å²) in [5.41, 5.74) is 5.51. The molecule has 0 fully saturated rings. The van der Waals surface area contributed by atoms with Gasteiger partial charge >= 0.3 is 0 Å². The number of likely N-dealkylation sites (N-methyl/N-ethyl adjacent to an activating group) is 1. The lowest BCUT2D eigenvalue weighted by molar-refractivity contribution is 0.358. The van der Waals surface area contributed by atoms with Crippen molar-refractivity contribution in [1.82, 2.24) is 9.62 Å². The molecule has 0 bridgehead atoms. The van der Waals surface area contributed by atoms with Crippen molar-refractivity contribution < 1.29 is 13.5 Å². The fraction of sp³-hybridized carbons (Fsp3) is 0.455. The van der Waals surface area contributed by atoms with Gasteiger partial charge in [-0.05, 0) is 31.8 Å². The van der Waals surface area contributed by atoms with E-state index in [0.29, 0.717) is 13.1 Å². The summed E-state index contributed by atoms with van der Waals surface area (Å²) in [6.45, 7) is 3.81.